The number of esters is 1. The van der Waals surface area contributed by atoms with Crippen molar-refractivity contribution in [1.82, 2.24) is 5.32 Å². The van der Waals surface area contributed by atoms with Gasteiger partial charge in [0.25, 0.3) is 0 Å². The molecule has 3 N–H and O–H groups in total. The molecule has 0 aliphatic heterocycles. The van der Waals surface area contributed by atoms with E-state index >= 15 is 0 Å². The van der Waals surface area contributed by atoms with Gasteiger partial charge in [0.05, 0.1) is 25.4 Å². The van der Waals surface area contributed by atoms with Crippen molar-refractivity contribution < 1.29 is 24.5 Å². The van der Waals surface area contributed by atoms with E-state index in [1.165, 1.54) is 199 Å². The summed E-state index contributed by atoms with van der Waals surface area (Å²) in [6.45, 7) is 4.92. The van der Waals surface area contributed by atoms with Crippen LogP contribution in [-0.4, -0.2) is 47.4 Å². The number of amides is 1. The number of hydrogen-bond acceptors (Lipinski definition) is 5. The summed E-state index contributed by atoms with van der Waals surface area (Å²) in [4.78, 5) is 24.4. The highest BCUT2D eigenvalue weighted by Gasteiger charge is 2.20. The number of rotatable bonds is 50. The highest BCUT2D eigenvalue weighted by Crippen LogP contribution is 2.16. The number of carbonyl (C=O) groups excluding carboxylic acids is 2. The van der Waals surface area contributed by atoms with Crippen LogP contribution in [0.3, 0.4) is 0 Å². The van der Waals surface area contributed by atoms with Crippen molar-refractivity contribution in [2.24, 2.45) is 0 Å². The Morgan fingerprint density at radius 1 is 0.443 bits per heavy atom. The zero-order valence-electron chi connectivity index (χ0n) is 40.9. The molecular formula is C55H105NO5. The van der Waals surface area contributed by atoms with E-state index in [0.29, 0.717) is 25.9 Å². The number of carbonyl (C=O) groups is 2. The molecule has 0 saturated carbocycles. The third-order valence-corrected chi connectivity index (χ3v) is 12.5. The van der Waals surface area contributed by atoms with Gasteiger partial charge in [0.2, 0.25) is 5.91 Å². The van der Waals surface area contributed by atoms with Gasteiger partial charge in [0, 0.05) is 12.8 Å². The first-order chi connectivity index (χ1) is 30.0. The molecule has 0 heterocycles. The van der Waals surface area contributed by atoms with Crippen LogP contribution in [0.1, 0.15) is 290 Å². The molecule has 6 heteroatoms. The summed E-state index contributed by atoms with van der Waals surface area (Å²) in [6.07, 6.45) is 60.1. The number of nitrogens with one attached hydrogen (secondary N) is 1. The summed E-state index contributed by atoms with van der Waals surface area (Å²) in [6, 6.07) is -0.550. The number of aliphatic hydroxyl groups is 2. The zero-order valence-corrected chi connectivity index (χ0v) is 40.9. The minimum Gasteiger partial charge on any atom is -0.466 e. The van der Waals surface area contributed by atoms with Crippen molar-refractivity contribution in [3.05, 3.63) is 24.3 Å². The van der Waals surface area contributed by atoms with Gasteiger partial charge in [-0.2, -0.15) is 0 Å². The van der Waals surface area contributed by atoms with Gasteiger partial charge in [-0.3, -0.25) is 9.59 Å². The van der Waals surface area contributed by atoms with Gasteiger partial charge in [-0.1, -0.05) is 224 Å². The monoisotopic (exact) mass is 860 g/mol. The summed E-state index contributed by atoms with van der Waals surface area (Å²) in [7, 11) is 0. The maximum atomic E-state index is 12.4. The van der Waals surface area contributed by atoms with Gasteiger partial charge in [-0.15, -0.1) is 0 Å². The lowest BCUT2D eigenvalue weighted by Crippen LogP contribution is -2.45. The Labute approximate surface area is 380 Å². The molecule has 0 spiro atoms. The standard InChI is InChI=1S/C55H105NO5/c1-3-5-7-9-11-13-15-16-21-25-29-33-37-41-45-49-55(60)61-50-46-42-38-34-30-26-23-20-18-17-19-22-24-28-32-36-40-44-48-54(59)56-52(51-57)53(58)47-43-39-35-31-27-14-12-10-8-6-4-2/h16,19,21-22,52-53,57-58H,3-15,17-18,20,23-51H2,1-2H3,(H,56,59)/b21-16-,22-19-. The number of hydrogen-bond donors (Lipinski definition) is 3. The second kappa shape index (κ2) is 51.0. The van der Waals surface area contributed by atoms with Crippen molar-refractivity contribution in [2.75, 3.05) is 13.2 Å². The van der Waals surface area contributed by atoms with Crippen molar-refractivity contribution in [2.45, 2.75) is 302 Å². The van der Waals surface area contributed by atoms with E-state index in [4.69, 9.17) is 4.74 Å². The molecule has 0 saturated heterocycles. The molecule has 0 aliphatic carbocycles. The first kappa shape index (κ1) is 59.3. The zero-order chi connectivity index (χ0) is 44.4. The third-order valence-electron chi connectivity index (χ3n) is 12.5. The Bertz CT molecular complexity index is 951. The summed E-state index contributed by atoms with van der Waals surface area (Å²) in [5.41, 5.74) is 0. The summed E-state index contributed by atoms with van der Waals surface area (Å²) >= 11 is 0. The maximum absolute atomic E-state index is 12.4. The normalized spacial score (nSPS) is 12.8. The Morgan fingerprint density at radius 2 is 0.770 bits per heavy atom. The molecule has 0 aromatic rings. The Balaban J connectivity index is 3.44. The fraction of sp³-hybridized carbons (Fsp3) is 0.891. The topological polar surface area (TPSA) is 95.9 Å². The largest absolute Gasteiger partial charge is 0.466 e. The first-order valence-corrected chi connectivity index (χ1v) is 27.1. The van der Waals surface area contributed by atoms with E-state index in [9.17, 15) is 19.8 Å². The predicted molar refractivity (Wildman–Crippen MR) is 264 cm³/mol. The molecule has 0 aromatic heterocycles. The highest BCUT2D eigenvalue weighted by molar-refractivity contribution is 5.76. The molecule has 0 bridgehead atoms. The van der Waals surface area contributed by atoms with Gasteiger partial charge in [0.15, 0.2) is 0 Å². The average Bonchev–Trinajstić information content (AvgIpc) is 3.26. The lowest BCUT2D eigenvalue weighted by Gasteiger charge is -2.22. The van der Waals surface area contributed by atoms with Crippen molar-refractivity contribution in [3.63, 3.8) is 0 Å². The van der Waals surface area contributed by atoms with Crippen LogP contribution < -0.4 is 5.32 Å². The third kappa shape index (κ3) is 47.7. The van der Waals surface area contributed by atoms with Gasteiger partial charge in [-0.25, -0.2) is 0 Å². The Kier molecular flexibility index (Phi) is 49.6. The SMILES string of the molecule is CCCCCCCC/C=C\CCCCCCCC(=O)OCCCCCCCCCCC/C=C\CCCCCCCC(=O)NC(CO)C(O)CCCCCCCCCCCCC. The molecule has 2 atom stereocenters. The molecule has 0 aliphatic rings. The minimum absolute atomic E-state index is 0.00517. The highest BCUT2D eigenvalue weighted by atomic mass is 16.5. The quantitative estimate of drug-likeness (QED) is 0.0322. The fourth-order valence-corrected chi connectivity index (χ4v) is 8.28. The van der Waals surface area contributed by atoms with Crippen molar-refractivity contribution >= 4 is 11.9 Å². The second-order valence-electron chi connectivity index (χ2n) is 18.6. The smallest absolute Gasteiger partial charge is 0.305 e. The van der Waals surface area contributed by atoms with Gasteiger partial charge in [0.1, 0.15) is 0 Å². The van der Waals surface area contributed by atoms with E-state index in [1.807, 2.05) is 0 Å². The molecule has 0 fully saturated rings. The fourth-order valence-electron chi connectivity index (χ4n) is 8.28. The van der Waals surface area contributed by atoms with Crippen LogP contribution in [0.5, 0.6) is 0 Å². The number of unbranched alkanes of at least 4 members (excludes halogenated alkanes) is 35. The van der Waals surface area contributed by atoms with E-state index < -0.39 is 12.1 Å². The van der Waals surface area contributed by atoms with Gasteiger partial charge < -0.3 is 20.3 Å². The minimum atomic E-state index is -0.671. The summed E-state index contributed by atoms with van der Waals surface area (Å²) in [5.74, 6) is -0.0557. The summed E-state index contributed by atoms with van der Waals surface area (Å²) in [5, 5.41) is 23.1. The molecule has 61 heavy (non-hydrogen) atoms. The van der Waals surface area contributed by atoms with Crippen LogP contribution >= 0.6 is 0 Å². The molecule has 1 amide bonds. The van der Waals surface area contributed by atoms with Crippen LogP contribution in [0.4, 0.5) is 0 Å². The van der Waals surface area contributed by atoms with E-state index in [-0.39, 0.29) is 18.5 Å². The molecule has 6 nitrogen and oxygen atoms in total. The lowest BCUT2D eigenvalue weighted by molar-refractivity contribution is -0.143. The molecule has 2 unspecified atom stereocenters. The number of aliphatic hydroxyl groups excluding tert-OH is 2. The number of ether oxygens (including phenoxy) is 1. The molecule has 0 radical (unpaired) electrons. The number of allylic oxidation sites excluding steroid dienone is 4. The van der Waals surface area contributed by atoms with Crippen LogP contribution in [0.25, 0.3) is 0 Å². The van der Waals surface area contributed by atoms with Gasteiger partial charge >= 0.3 is 5.97 Å². The summed E-state index contributed by atoms with van der Waals surface area (Å²) < 4.78 is 5.47. The first-order valence-electron chi connectivity index (χ1n) is 27.1. The molecular weight excluding hydrogens is 755 g/mol. The van der Waals surface area contributed by atoms with Crippen LogP contribution in [0, 0.1) is 0 Å². The van der Waals surface area contributed by atoms with Crippen LogP contribution in [-0.2, 0) is 14.3 Å². The Hall–Kier alpha value is -1.66. The maximum Gasteiger partial charge on any atom is 0.305 e. The lowest BCUT2D eigenvalue weighted by atomic mass is 10.0. The van der Waals surface area contributed by atoms with Gasteiger partial charge in [-0.05, 0) is 77.0 Å². The van der Waals surface area contributed by atoms with E-state index in [2.05, 4.69) is 43.5 Å². The molecule has 0 aromatic carbocycles. The average molecular weight is 860 g/mol. The molecule has 360 valence electrons. The second-order valence-corrected chi connectivity index (χ2v) is 18.6. The van der Waals surface area contributed by atoms with E-state index in [0.717, 1.165) is 57.8 Å². The Morgan fingerprint density at radius 3 is 1.16 bits per heavy atom. The van der Waals surface area contributed by atoms with E-state index in [1.54, 1.807) is 0 Å². The van der Waals surface area contributed by atoms with Crippen molar-refractivity contribution in [3.8, 4) is 0 Å². The van der Waals surface area contributed by atoms with Crippen LogP contribution in [0.15, 0.2) is 24.3 Å². The predicted octanol–water partition coefficient (Wildman–Crippen LogP) is 16.3. The molecule has 0 rings (SSSR count). The van der Waals surface area contributed by atoms with Crippen molar-refractivity contribution in [1.29, 1.82) is 0 Å². The van der Waals surface area contributed by atoms with Crippen LogP contribution in [0.2, 0.25) is 0 Å².